The van der Waals surface area contributed by atoms with Crippen LogP contribution in [0.4, 0.5) is 30.3 Å². The molecule has 12 atom stereocenters. The van der Waals surface area contributed by atoms with Crippen LogP contribution in [0.1, 0.15) is 183 Å². The van der Waals surface area contributed by atoms with Crippen molar-refractivity contribution < 1.29 is 151 Å². The number of aliphatic hydroxyl groups excluding tert-OH is 1. The van der Waals surface area contributed by atoms with Crippen LogP contribution >= 0.6 is 0 Å². The zero-order chi connectivity index (χ0) is 88.4. The van der Waals surface area contributed by atoms with Crippen molar-refractivity contribution >= 4 is 58.8 Å². The molecule has 0 spiro atoms. The van der Waals surface area contributed by atoms with E-state index in [4.69, 9.17) is 56.8 Å². The number of benzene rings is 6. The maximum atomic E-state index is 15.1. The third-order valence-corrected chi connectivity index (χ3v) is 22.9. The van der Waals surface area contributed by atoms with E-state index in [1.165, 1.54) is 122 Å². The zero-order valence-corrected chi connectivity index (χ0v) is 66.7. The number of nitrogens with zero attached hydrogens (tertiary/aromatic N) is 7. The second-order valence-electron chi connectivity index (χ2n) is 30.3. The standard InChI is InChI=1S/C42H41FN4O16.C40H39FN4O15.CH4.H2/c1-19-39-26(46(17-58-18-61-39)41(53)60-15-21-8-9-27(25(43)10-21)59-16-22-14-44-40(45(22)3)47(55)56)11-30(62-19)63-29-13-42(54,20(2)48)12-24-32(29)38(52)34-33(36(24)50)35(49)23-6-5-7-28(57-4)31(23)37(34)51;1-17-33(47)24(43-39(52)58-15-19-8-9-25(23(41)10-19)57-16-20-14-42-38(44(20)3)45(54)55)11-28(59-17)60-27-13-40(53,18(2)46)12-22-30(27)37(51)32-31(35(22)49)34(48)21-6-5-7-26(56-4)29(21)36(32)50;;/h5-10,14,19,26,29-30,39,50,52,54H,11-13,15-18H2,1-4H3;5-10,14,17,24,27-28,33,47,49,51,53H,11-13,15-16H2,1-4H3,(H,43,52);1H4;1H/t19-,26?,29-,30-,39+,42-;17-,24-,27-,28-,33+,40-;;/m00../s1. The summed E-state index contributed by atoms with van der Waals surface area (Å²) >= 11 is 0. The van der Waals surface area contributed by atoms with Gasteiger partial charge < -0.3 is 118 Å². The van der Waals surface area contributed by atoms with E-state index in [-0.39, 0.29) is 134 Å². The number of Topliss-reactive ketones (excluding diaryl/α,β-unsaturated/α-hetero) is 2. The average molecular weight is 1730 g/mol. The molecule has 39 nitrogen and oxygen atoms in total. The molecule has 0 radical (unpaired) electrons. The Hall–Kier alpha value is -13.0. The number of aromatic nitrogens is 4. The summed E-state index contributed by atoms with van der Waals surface area (Å²) in [4.78, 5) is 137. The number of aromatic hydroxyl groups is 4. The van der Waals surface area contributed by atoms with Gasteiger partial charge in [-0.15, -0.1) is 0 Å². The molecule has 7 aliphatic rings. The monoisotopic (exact) mass is 1730 g/mol. The Kier molecular flexibility index (Phi) is 25.1. The van der Waals surface area contributed by atoms with Crippen molar-refractivity contribution in [3.05, 3.63) is 206 Å². The number of ether oxygens (including phenoxy) is 12. The highest BCUT2D eigenvalue weighted by molar-refractivity contribution is 6.32. The number of alkyl carbamates (subject to hydrolysis) is 1. The summed E-state index contributed by atoms with van der Waals surface area (Å²) in [5.41, 5.74) is -6.32. The number of carbonyl (C=O) groups excluding carboxylic acids is 8. The second-order valence-corrected chi connectivity index (χ2v) is 30.3. The largest absolute Gasteiger partial charge is 0.507 e. The zero-order valence-electron chi connectivity index (χ0n) is 66.7. The van der Waals surface area contributed by atoms with Crippen molar-refractivity contribution in [3.63, 3.8) is 0 Å². The quantitative estimate of drug-likeness (QED) is 0.0190. The van der Waals surface area contributed by atoms with Gasteiger partial charge in [-0.1, -0.05) is 53.8 Å². The number of nitrogens with one attached hydrogen (secondary N) is 1. The number of hydrogen-bond donors (Lipinski definition) is 8. The van der Waals surface area contributed by atoms with Crippen molar-refractivity contribution in [2.75, 3.05) is 27.7 Å². The molecule has 1 unspecified atom stereocenters. The molecule has 6 aromatic carbocycles. The van der Waals surface area contributed by atoms with Crippen molar-refractivity contribution in [2.45, 2.75) is 173 Å². The number of amides is 2. The van der Waals surface area contributed by atoms with Gasteiger partial charge in [0, 0.05) is 73.3 Å². The van der Waals surface area contributed by atoms with Gasteiger partial charge in [-0.25, -0.2) is 27.5 Å². The predicted octanol–water partition coefficient (Wildman–Crippen LogP) is 8.28. The Bertz CT molecular complexity index is 5710. The van der Waals surface area contributed by atoms with Crippen LogP contribution in [0.5, 0.6) is 46.0 Å². The number of ketones is 6. The number of halogens is 2. The molecule has 3 aliphatic heterocycles. The Morgan fingerprint density at radius 1 is 0.613 bits per heavy atom. The van der Waals surface area contributed by atoms with Crippen molar-refractivity contribution in [1.82, 2.24) is 29.3 Å². The minimum absolute atomic E-state index is 0. The third kappa shape index (κ3) is 16.5. The first-order valence-electron chi connectivity index (χ1n) is 38.2. The first kappa shape index (κ1) is 88.8. The summed E-state index contributed by atoms with van der Waals surface area (Å²) in [5.74, 6) is -10.1. The highest BCUT2D eigenvalue weighted by Crippen LogP contribution is 2.55. The van der Waals surface area contributed by atoms with Crippen LogP contribution in [0, 0.1) is 31.9 Å². The van der Waals surface area contributed by atoms with Crippen LogP contribution in [0.25, 0.3) is 0 Å². The maximum absolute atomic E-state index is 15.1. The molecular formula is C83H86F2N8O31. The molecule has 2 amide bonds. The Morgan fingerprint density at radius 3 is 1.49 bits per heavy atom. The third-order valence-electron chi connectivity index (χ3n) is 22.9. The van der Waals surface area contributed by atoms with E-state index in [1.54, 1.807) is 6.92 Å². The fourth-order valence-electron chi connectivity index (χ4n) is 16.3. The fourth-order valence-corrected chi connectivity index (χ4v) is 16.3. The van der Waals surface area contributed by atoms with E-state index in [2.05, 4.69) is 15.3 Å². The number of imidazole rings is 2. The molecule has 5 heterocycles. The lowest BCUT2D eigenvalue weighted by Gasteiger charge is -2.44. The van der Waals surface area contributed by atoms with E-state index in [0.717, 1.165) is 26.0 Å². The molecule has 4 aliphatic carbocycles. The summed E-state index contributed by atoms with van der Waals surface area (Å²) in [7, 11) is 5.45. The molecule has 658 valence electrons. The molecule has 15 rings (SSSR count). The summed E-state index contributed by atoms with van der Waals surface area (Å²) in [6.45, 7) is 3.67. The van der Waals surface area contributed by atoms with Gasteiger partial charge in [0.2, 0.25) is 11.6 Å². The lowest BCUT2D eigenvalue weighted by Crippen LogP contribution is -2.57. The van der Waals surface area contributed by atoms with Crippen molar-refractivity contribution in [3.8, 4) is 46.0 Å². The topological polar surface area (TPSA) is 526 Å². The minimum atomic E-state index is -2.16. The molecule has 3 saturated heterocycles. The number of phenolic OH excluding ortho intramolecular Hbond substituents is 4. The van der Waals surface area contributed by atoms with Crippen LogP contribution in [0.2, 0.25) is 0 Å². The molecule has 0 saturated carbocycles. The number of carbonyl (C=O) groups is 8. The van der Waals surface area contributed by atoms with E-state index in [0.29, 0.717) is 11.4 Å². The molecule has 124 heavy (non-hydrogen) atoms. The Balaban J connectivity index is 0.000000224. The number of rotatable bonds is 21. The van der Waals surface area contributed by atoms with Gasteiger partial charge >= 0.3 is 24.1 Å². The molecule has 8 aromatic rings. The number of aliphatic hydroxyl groups is 3. The molecule has 3 fully saturated rings. The SMILES string of the molecule is C.COc1cccc2c1C(=O)c1c(O)c3c(c(O)c1C2=O)C[C@@](O)(C(C)=O)C[C@@H]3O[C@H]1CC2[C@H](OCOCN2C(=O)OCc2ccc(OCc3cnc([N+](=O)[O-])n3C)c(F)c2)[C@H](C)O1.COc1cccc2c1C(=O)c1c(O)c3c(c(O)c1C2=O)C[C@@](O)(C(C)=O)C[C@@H]3O[C@H]1C[C@H](NC(=O)OCc2ccc(OCc3cnc([N+](=O)[O-])n3C)c(F)c2)[C@H](O)[C@H](C)O1.[HH]. The number of methoxy groups -OCH3 is 2. The molecule has 0 bridgehead atoms. The lowest BCUT2D eigenvalue weighted by molar-refractivity contribution is -0.396. The predicted molar refractivity (Wildman–Crippen MR) is 417 cm³/mol. The first-order valence-corrected chi connectivity index (χ1v) is 38.2. The van der Waals surface area contributed by atoms with E-state index in [9.17, 15) is 98.7 Å². The highest BCUT2D eigenvalue weighted by Gasteiger charge is 2.54. The van der Waals surface area contributed by atoms with Crippen LogP contribution in [-0.2, 0) is 101 Å². The van der Waals surface area contributed by atoms with Crippen LogP contribution in [0.3, 0.4) is 0 Å². The van der Waals surface area contributed by atoms with Gasteiger partial charge in [-0.05, 0) is 85.1 Å². The van der Waals surface area contributed by atoms with Gasteiger partial charge in [-0.2, -0.15) is 0 Å². The smallest absolute Gasteiger partial charge is 0.434 e. The molecule has 41 heteroatoms. The van der Waals surface area contributed by atoms with E-state index in [1.807, 2.05) is 0 Å². The van der Waals surface area contributed by atoms with Gasteiger partial charge in [-0.3, -0.25) is 33.7 Å². The molecule has 8 N–H and O–H groups in total. The van der Waals surface area contributed by atoms with Gasteiger partial charge in [0.05, 0.1) is 98.2 Å². The van der Waals surface area contributed by atoms with Gasteiger partial charge in [0.15, 0.2) is 70.2 Å². The number of phenols is 4. The van der Waals surface area contributed by atoms with Crippen LogP contribution in [-0.4, -0.2) is 205 Å². The number of fused-ring (bicyclic) bond motifs is 7. The number of nitro groups is 2. The van der Waals surface area contributed by atoms with Gasteiger partial charge in [0.25, 0.3) is 0 Å². The second kappa shape index (κ2) is 35.1. The summed E-state index contributed by atoms with van der Waals surface area (Å²) in [6, 6.07) is 14.4. The number of hydrogen-bond acceptors (Lipinski definition) is 33. The van der Waals surface area contributed by atoms with Gasteiger partial charge in [0.1, 0.15) is 110 Å². The van der Waals surface area contributed by atoms with E-state index < -0.39 is 230 Å². The van der Waals surface area contributed by atoms with Crippen LogP contribution in [0.15, 0.2) is 85.2 Å². The van der Waals surface area contributed by atoms with Crippen molar-refractivity contribution in [2.24, 2.45) is 14.1 Å². The average Bonchev–Trinajstić information content (AvgIpc) is 1.62. The Labute approximate surface area is 703 Å². The fraction of sp³-hybridized carbons (Fsp3) is 0.398. The summed E-state index contributed by atoms with van der Waals surface area (Å²) in [6.07, 6.45) is -11.0. The summed E-state index contributed by atoms with van der Waals surface area (Å²) in [5, 5.41) is 106. The maximum Gasteiger partial charge on any atom is 0.434 e. The summed E-state index contributed by atoms with van der Waals surface area (Å²) < 4.78 is 101. The first-order chi connectivity index (χ1) is 58.5. The lowest BCUT2D eigenvalue weighted by atomic mass is 9.72. The highest BCUT2D eigenvalue weighted by atomic mass is 19.1. The van der Waals surface area contributed by atoms with Crippen LogP contribution < -0.4 is 24.3 Å². The van der Waals surface area contributed by atoms with Crippen molar-refractivity contribution in [1.29, 1.82) is 0 Å². The molecule has 2 aromatic heterocycles. The molecular weight excluding hydrogens is 1640 g/mol. The van der Waals surface area contributed by atoms with E-state index >= 15 is 4.39 Å². The normalized spacial score (nSPS) is 23.4. The Morgan fingerprint density at radius 2 is 1.06 bits per heavy atom. The minimum Gasteiger partial charge on any atom is -0.507 e.